The molecule has 2 heterocycles. The van der Waals surface area contributed by atoms with E-state index in [0.717, 1.165) is 31.9 Å². The second kappa shape index (κ2) is 8.35. The first kappa shape index (κ1) is 21.4. The Hall–Kier alpha value is -1.85. The average molecular weight is 532 g/mol. The zero-order valence-electron chi connectivity index (χ0n) is 16.1. The van der Waals surface area contributed by atoms with E-state index in [2.05, 4.69) is 10.6 Å². The second-order valence-electron chi connectivity index (χ2n) is 7.92. The van der Waals surface area contributed by atoms with Crippen molar-refractivity contribution in [1.82, 2.24) is 4.90 Å². The maximum Gasteiger partial charge on any atom is 0.256 e. The number of piperidine rings is 1. The van der Waals surface area contributed by atoms with Crippen molar-refractivity contribution in [2.75, 3.05) is 25.0 Å². The van der Waals surface area contributed by atoms with Crippen molar-refractivity contribution in [2.24, 2.45) is 0 Å². The third-order valence-electron chi connectivity index (χ3n) is 5.84. The lowest BCUT2D eigenvalue weighted by atomic mass is 9.81. The third kappa shape index (κ3) is 4.02. The number of β-amino-alcohol motifs (C(OH)–C–C–N with tert-alkyl or cyclic N) is 1. The lowest BCUT2D eigenvalue weighted by Crippen LogP contribution is -2.98. The number of hydrogen-bond acceptors (Lipinski definition) is 3. The fourth-order valence-corrected chi connectivity index (χ4v) is 4.63. The summed E-state index contributed by atoms with van der Waals surface area (Å²) in [5.74, 6) is -3.58. The minimum Gasteiger partial charge on any atom is -0.380 e. The van der Waals surface area contributed by atoms with Crippen LogP contribution < -0.4 is 10.6 Å². The lowest BCUT2D eigenvalue weighted by molar-refractivity contribution is -0.713. The minimum atomic E-state index is -1.25. The molecule has 0 unspecified atom stereocenters. The highest BCUT2D eigenvalue weighted by atomic mass is 127. The molecule has 2 fully saturated rings. The fraction of sp³-hybridized carbons (Fsp3) is 0.381. The zero-order valence-corrected chi connectivity index (χ0v) is 18.3. The number of benzene rings is 2. The molecule has 4 rings (SSSR count). The van der Waals surface area contributed by atoms with E-state index in [1.807, 2.05) is 22.6 Å². The van der Waals surface area contributed by atoms with Crippen LogP contribution in [0.4, 0.5) is 24.5 Å². The van der Waals surface area contributed by atoms with Crippen LogP contribution in [0, 0.1) is 21.0 Å². The first-order valence-corrected chi connectivity index (χ1v) is 10.9. The number of carbonyl (C=O) groups excluding carboxylic acids is 1. The summed E-state index contributed by atoms with van der Waals surface area (Å²) in [5.41, 5.74) is -1.57. The summed E-state index contributed by atoms with van der Waals surface area (Å²) in [5, 5.41) is 15.5. The Morgan fingerprint density at radius 1 is 1.17 bits per heavy atom. The van der Waals surface area contributed by atoms with Crippen LogP contribution in [0.2, 0.25) is 0 Å². The standard InChI is InChI=1S/C21H21F3IN3O2/c22-14-6-5-13(19(18(14)24)27-16-7-4-12(25)9-15(16)23)20(29)28-10-21(30,11-28)17-3-1-2-8-26-17/h4-7,9,17,26-27,30H,1-3,8,10-11H2/p+1/t17-/m0/s1. The van der Waals surface area contributed by atoms with Crippen molar-refractivity contribution in [3.05, 3.63) is 56.9 Å². The molecule has 0 spiro atoms. The van der Waals surface area contributed by atoms with Crippen LogP contribution in [0.25, 0.3) is 0 Å². The number of nitrogens with zero attached hydrogens (tertiary/aromatic N) is 1. The molecule has 0 aromatic heterocycles. The molecular weight excluding hydrogens is 510 g/mol. The number of quaternary nitrogens is 1. The van der Waals surface area contributed by atoms with Crippen LogP contribution in [0.1, 0.15) is 29.6 Å². The molecule has 30 heavy (non-hydrogen) atoms. The number of aliphatic hydroxyl groups is 1. The Labute approximate surface area is 185 Å². The largest absolute Gasteiger partial charge is 0.380 e. The molecule has 4 N–H and O–H groups in total. The maximum absolute atomic E-state index is 14.6. The van der Waals surface area contributed by atoms with Crippen LogP contribution in [0.3, 0.4) is 0 Å². The molecule has 5 nitrogen and oxygen atoms in total. The van der Waals surface area contributed by atoms with Gasteiger partial charge in [0.15, 0.2) is 17.2 Å². The first-order chi connectivity index (χ1) is 14.3. The van der Waals surface area contributed by atoms with Crippen molar-refractivity contribution >= 4 is 39.9 Å². The van der Waals surface area contributed by atoms with Gasteiger partial charge in [0, 0.05) is 9.99 Å². The molecule has 0 aliphatic carbocycles. The predicted octanol–water partition coefficient (Wildman–Crippen LogP) is 2.75. The molecule has 2 saturated heterocycles. The summed E-state index contributed by atoms with van der Waals surface area (Å²) >= 11 is 1.94. The number of likely N-dealkylation sites (tertiary alicyclic amines) is 1. The van der Waals surface area contributed by atoms with E-state index in [-0.39, 0.29) is 30.4 Å². The number of nitrogens with two attached hydrogens (primary N) is 1. The normalized spacial score (nSPS) is 20.6. The molecule has 160 valence electrons. The Morgan fingerprint density at radius 2 is 1.93 bits per heavy atom. The molecular formula is C21H22F3IN3O2+. The third-order valence-corrected chi connectivity index (χ3v) is 6.51. The fourth-order valence-electron chi connectivity index (χ4n) is 4.17. The Bertz CT molecular complexity index is 976. The molecule has 2 aromatic carbocycles. The van der Waals surface area contributed by atoms with Gasteiger partial charge in [-0.15, -0.1) is 0 Å². The van der Waals surface area contributed by atoms with E-state index in [1.54, 1.807) is 6.07 Å². The topological polar surface area (TPSA) is 69.2 Å². The molecule has 0 saturated carbocycles. The van der Waals surface area contributed by atoms with E-state index >= 15 is 0 Å². The van der Waals surface area contributed by atoms with Crippen LogP contribution in [-0.2, 0) is 0 Å². The van der Waals surface area contributed by atoms with E-state index in [0.29, 0.717) is 3.57 Å². The van der Waals surface area contributed by atoms with Crippen molar-refractivity contribution in [3.63, 3.8) is 0 Å². The van der Waals surface area contributed by atoms with Gasteiger partial charge in [0.05, 0.1) is 36.6 Å². The van der Waals surface area contributed by atoms with Gasteiger partial charge in [0.25, 0.3) is 5.91 Å². The summed E-state index contributed by atoms with van der Waals surface area (Å²) in [7, 11) is 0. The van der Waals surface area contributed by atoms with E-state index in [9.17, 15) is 23.1 Å². The van der Waals surface area contributed by atoms with Crippen LogP contribution in [0.5, 0.6) is 0 Å². The molecule has 0 radical (unpaired) electrons. The minimum absolute atomic E-state index is 0.0266. The van der Waals surface area contributed by atoms with E-state index in [4.69, 9.17) is 0 Å². The average Bonchev–Trinajstić information content (AvgIpc) is 2.71. The summed E-state index contributed by atoms with van der Waals surface area (Å²) in [6.45, 7) is 1.20. The molecule has 2 aliphatic rings. The first-order valence-electron chi connectivity index (χ1n) is 9.83. The van der Waals surface area contributed by atoms with Gasteiger partial charge in [-0.25, -0.2) is 13.2 Å². The van der Waals surface area contributed by atoms with Crippen molar-refractivity contribution in [3.8, 4) is 0 Å². The highest BCUT2D eigenvalue weighted by molar-refractivity contribution is 14.1. The van der Waals surface area contributed by atoms with E-state index in [1.165, 1.54) is 23.1 Å². The number of nitrogens with one attached hydrogen (secondary N) is 1. The number of carbonyl (C=O) groups is 1. The summed E-state index contributed by atoms with van der Waals surface area (Å²) in [6, 6.07) is 6.34. The quantitative estimate of drug-likeness (QED) is 0.531. The van der Waals surface area contributed by atoms with Gasteiger partial charge in [0.1, 0.15) is 11.9 Å². The number of anilines is 2. The van der Waals surface area contributed by atoms with Crippen molar-refractivity contribution in [2.45, 2.75) is 30.9 Å². The van der Waals surface area contributed by atoms with Gasteiger partial charge >= 0.3 is 0 Å². The van der Waals surface area contributed by atoms with Gasteiger partial charge < -0.3 is 20.6 Å². The molecule has 9 heteroatoms. The summed E-state index contributed by atoms with van der Waals surface area (Å²) in [6.07, 6.45) is 3.02. The van der Waals surface area contributed by atoms with Crippen LogP contribution >= 0.6 is 22.6 Å². The second-order valence-corrected chi connectivity index (χ2v) is 9.17. The maximum atomic E-state index is 14.6. The highest BCUT2D eigenvalue weighted by Gasteiger charge is 2.52. The van der Waals surface area contributed by atoms with Gasteiger partial charge in [-0.3, -0.25) is 4.79 Å². The molecule has 2 aliphatic heterocycles. The number of halogens is 4. The summed E-state index contributed by atoms with van der Waals surface area (Å²) in [4.78, 5) is 14.4. The number of hydrogen-bond donors (Lipinski definition) is 3. The van der Waals surface area contributed by atoms with Crippen LogP contribution in [-0.4, -0.2) is 47.2 Å². The SMILES string of the molecule is O=C(c1ccc(F)c(F)c1Nc1ccc(I)cc1F)N1CC(O)([C@@H]2CCCC[NH2+]2)C1. The Morgan fingerprint density at radius 3 is 2.60 bits per heavy atom. The lowest BCUT2D eigenvalue weighted by Gasteiger charge is -2.49. The molecule has 1 atom stereocenters. The Kier molecular flexibility index (Phi) is 5.95. The van der Waals surface area contributed by atoms with Gasteiger partial charge in [-0.1, -0.05) is 0 Å². The smallest absolute Gasteiger partial charge is 0.256 e. The van der Waals surface area contributed by atoms with E-state index < -0.39 is 34.6 Å². The van der Waals surface area contributed by atoms with Gasteiger partial charge in [-0.05, 0) is 65.8 Å². The van der Waals surface area contributed by atoms with Gasteiger partial charge in [-0.2, -0.15) is 0 Å². The Balaban J connectivity index is 1.57. The van der Waals surface area contributed by atoms with Crippen molar-refractivity contribution in [1.29, 1.82) is 0 Å². The van der Waals surface area contributed by atoms with Crippen molar-refractivity contribution < 1.29 is 28.4 Å². The number of rotatable bonds is 4. The monoisotopic (exact) mass is 532 g/mol. The van der Waals surface area contributed by atoms with Gasteiger partial charge in [0.2, 0.25) is 0 Å². The highest BCUT2D eigenvalue weighted by Crippen LogP contribution is 2.33. The molecule has 1 amide bonds. The van der Waals surface area contributed by atoms with Crippen LogP contribution in [0.15, 0.2) is 30.3 Å². The predicted molar refractivity (Wildman–Crippen MR) is 114 cm³/mol. The molecule has 2 aromatic rings. The zero-order chi connectivity index (χ0) is 21.5. The molecule has 0 bridgehead atoms. The summed E-state index contributed by atoms with van der Waals surface area (Å²) < 4.78 is 43.3. The number of amides is 1.